The summed E-state index contributed by atoms with van der Waals surface area (Å²) in [4.78, 5) is 16.5. The van der Waals surface area contributed by atoms with Gasteiger partial charge in [-0.1, -0.05) is 0 Å². The largest absolute Gasteiger partial charge is 0.378 e. The van der Waals surface area contributed by atoms with Crippen molar-refractivity contribution in [1.29, 1.82) is 0 Å². The first-order valence-electron chi connectivity index (χ1n) is 7.27. The Morgan fingerprint density at radius 2 is 1.85 bits per heavy atom. The number of hydrogen-bond donors (Lipinski definition) is 0. The van der Waals surface area contributed by atoms with Gasteiger partial charge in [-0.25, -0.2) is 0 Å². The average molecular weight is 276 g/mol. The summed E-state index contributed by atoms with van der Waals surface area (Å²) in [5.74, 6) is 0.236. The molecule has 0 amide bonds. The van der Waals surface area contributed by atoms with E-state index < -0.39 is 0 Å². The summed E-state index contributed by atoms with van der Waals surface area (Å²) in [7, 11) is 4.06. The number of benzene rings is 1. The number of morpholine rings is 1. The second-order valence-electron chi connectivity index (χ2n) is 5.48. The molecule has 1 fully saturated rings. The Hall–Kier alpha value is -1.39. The Labute approximate surface area is 121 Å². The Balaban J connectivity index is 1.88. The first-order valence-corrected chi connectivity index (χ1v) is 7.27. The van der Waals surface area contributed by atoms with Crippen molar-refractivity contribution >= 4 is 11.5 Å². The summed E-state index contributed by atoms with van der Waals surface area (Å²) >= 11 is 0. The maximum Gasteiger partial charge on any atom is 0.162 e. The monoisotopic (exact) mass is 276 g/mol. The lowest BCUT2D eigenvalue weighted by Crippen LogP contribution is -2.36. The summed E-state index contributed by atoms with van der Waals surface area (Å²) in [5.41, 5.74) is 2.00. The first-order chi connectivity index (χ1) is 9.66. The number of carbonyl (C=O) groups is 1. The third-order valence-corrected chi connectivity index (χ3v) is 3.57. The lowest BCUT2D eigenvalue weighted by molar-refractivity contribution is 0.0977. The number of nitrogens with zero attached hydrogens (tertiary/aromatic N) is 2. The van der Waals surface area contributed by atoms with Gasteiger partial charge in [-0.15, -0.1) is 0 Å². The third-order valence-electron chi connectivity index (χ3n) is 3.57. The molecule has 0 unspecified atom stereocenters. The van der Waals surface area contributed by atoms with Crippen LogP contribution in [0.1, 0.15) is 23.2 Å². The minimum absolute atomic E-state index is 0.236. The van der Waals surface area contributed by atoms with E-state index in [1.54, 1.807) is 0 Å². The Bertz CT molecular complexity index is 423. The lowest BCUT2D eigenvalue weighted by Gasteiger charge is -2.28. The van der Waals surface area contributed by atoms with Gasteiger partial charge < -0.3 is 14.5 Å². The van der Waals surface area contributed by atoms with E-state index in [1.807, 2.05) is 38.4 Å². The molecule has 2 rings (SSSR count). The molecule has 0 aliphatic carbocycles. The minimum Gasteiger partial charge on any atom is -0.378 e. The van der Waals surface area contributed by atoms with Gasteiger partial charge in [0.15, 0.2) is 5.78 Å². The molecule has 110 valence electrons. The zero-order valence-corrected chi connectivity index (χ0v) is 12.5. The number of carbonyl (C=O) groups excluding carboxylic acids is 1. The zero-order valence-electron chi connectivity index (χ0n) is 12.5. The highest BCUT2D eigenvalue weighted by atomic mass is 16.5. The molecule has 0 aromatic heterocycles. The van der Waals surface area contributed by atoms with Gasteiger partial charge in [0.1, 0.15) is 0 Å². The summed E-state index contributed by atoms with van der Waals surface area (Å²) in [6.45, 7) is 4.38. The molecular formula is C16H24N2O2. The van der Waals surface area contributed by atoms with E-state index in [0.29, 0.717) is 6.42 Å². The van der Waals surface area contributed by atoms with Crippen LogP contribution in [0.5, 0.6) is 0 Å². The van der Waals surface area contributed by atoms with E-state index in [4.69, 9.17) is 4.74 Å². The molecule has 0 bridgehead atoms. The van der Waals surface area contributed by atoms with Gasteiger partial charge in [-0.05, 0) is 51.3 Å². The van der Waals surface area contributed by atoms with Crippen molar-refractivity contribution in [3.8, 4) is 0 Å². The van der Waals surface area contributed by atoms with Crippen LogP contribution in [0, 0.1) is 0 Å². The fourth-order valence-corrected chi connectivity index (χ4v) is 2.38. The van der Waals surface area contributed by atoms with Crippen molar-refractivity contribution in [1.82, 2.24) is 4.90 Å². The molecule has 4 heteroatoms. The van der Waals surface area contributed by atoms with Crippen LogP contribution in [0.2, 0.25) is 0 Å². The topological polar surface area (TPSA) is 32.8 Å². The molecule has 1 aliphatic rings. The van der Waals surface area contributed by atoms with E-state index in [2.05, 4.69) is 9.80 Å². The minimum atomic E-state index is 0.236. The quantitative estimate of drug-likeness (QED) is 0.745. The first kappa shape index (κ1) is 15.0. The fourth-order valence-electron chi connectivity index (χ4n) is 2.38. The standard InChI is InChI=1S/C16H24N2O2/c1-17(2)9-3-4-16(19)14-5-7-15(8-6-14)18-10-12-20-13-11-18/h5-8H,3-4,9-13H2,1-2H3. The van der Waals surface area contributed by atoms with Gasteiger partial charge in [-0.2, -0.15) is 0 Å². The van der Waals surface area contributed by atoms with Crippen LogP contribution < -0.4 is 4.90 Å². The van der Waals surface area contributed by atoms with Gasteiger partial charge in [0.25, 0.3) is 0 Å². The van der Waals surface area contributed by atoms with Crippen LogP contribution in [0.4, 0.5) is 5.69 Å². The van der Waals surface area contributed by atoms with Gasteiger partial charge in [0, 0.05) is 30.8 Å². The molecule has 1 aromatic rings. The van der Waals surface area contributed by atoms with E-state index in [9.17, 15) is 4.79 Å². The summed E-state index contributed by atoms with van der Waals surface area (Å²) < 4.78 is 5.35. The van der Waals surface area contributed by atoms with E-state index in [1.165, 1.54) is 5.69 Å². The predicted molar refractivity (Wildman–Crippen MR) is 81.6 cm³/mol. The van der Waals surface area contributed by atoms with Crippen molar-refractivity contribution in [3.63, 3.8) is 0 Å². The molecule has 1 saturated heterocycles. The van der Waals surface area contributed by atoms with Crippen molar-refractivity contribution < 1.29 is 9.53 Å². The van der Waals surface area contributed by atoms with Gasteiger partial charge in [0.2, 0.25) is 0 Å². The Morgan fingerprint density at radius 3 is 2.45 bits per heavy atom. The average Bonchev–Trinajstić information content (AvgIpc) is 2.48. The molecule has 0 saturated carbocycles. The molecule has 1 heterocycles. The molecule has 0 radical (unpaired) electrons. The second kappa shape index (κ2) is 7.41. The second-order valence-corrected chi connectivity index (χ2v) is 5.48. The van der Waals surface area contributed by atoms with Crippen LogP contribution in [-0.4, -0.2) is 57.6 Å². The zero-order chi connectivity index (χ0) is 14.4. The fraction of sp³-hybridized carbons (Fsp3) is 0.562. The summed E-state index contributed by atoms with van der Waals surface area (Å²) in [5, 5.41) is 0. The SMILES string of the molecule is CN(C)CCCC(=O)c1ccc(N2CCOCC2)cc1. The van der Waals surface area contributed by atoms with Gasteiger partial charge in [0.05, 0.1) is 13.2 Å². The third kappa shape index (κ3) is 4.32. The van der Waals surface area contributed by atoms with Crippen LogP contribution in [-0.2, 0) is 4.74 Å². The van der Waals surface area contributed by atoms with Crippen molar-refractivity contribution in [2.24, 2.45) is 0 Å². The van der Waals surface area contributed by atoms with Gasteiger partial charge in [-0.3, -0.25) is 4.79 Å². The van der Waals surface area contributed by atoms with Crippen LogP contribution in [0.15, 0.2) is 24.3 Å². The summed E-state index contributed by atoms with van der Waals surface area (Å²) in [6, 6.07) is 7.99. The molecule has 0 atom stereocenters. The van der Waals surface area contributed by atoms with E-state index in [0.717, 1.165) is 44.8 Å². The number of hydrogen-bond acceptors (Lipinski definition) is 4. The van der Waals surface area contributed by atoms with Gasteiger partial charge >= 0.3 is 0 Å². The van der Waals surface area contributed by atoms with E-state index in [-0.39, 0.29) is 5.78 Å². The molecule has 0 spiro atoms. The number of anilines is 1. The highest BCUT2D eigenvalue weighted by Gasteiger charge is 2.12. The smallest absolute Gasteiger partial charge is 0.162 e. The predicted octanol–water partition coefficient (Wildman–Crippen LogP) is 2.05. The Morgan fingerprint density at radius 1 is 1.20 bits per heavy atom. The number of Topliss-reactive ketones (excluding diaryl/α,β-unsaturated/α-hetero) is 1. The normalized spacial score (nSPS) is 15.7. The number of ether oxygens (including phenoxy) is 1. The molecule has 0 N–H and O–H groups in total. The van der Waals surface area contributed by atoms with Crippen LogP contribution in [0.3, 0.4) is 0 Å². The molecule has 1 aliphatic heterocycles. The maximum absolute atomic E-state index is 12.1. The highest BCUT2D eigenvalue weighted by molar-refractivity contribution is 5.96. The summed E-state index contributed by atoms with van der Waals surface area (Å²) in [6.07, 6.45) is 1.53. The molecular weight excluding hydrogens is 252 g/mol. The Kier molecular flexibility index (Phi) is 5.56. The number of rotatable bonds is 6. The molecule has 1 aromatic carbocycles. The maximum atomic E-state index is 12.1. The van der Waals surface area contributed by atoms with E-state index >= 15 is 0 Å². The van der Waals surface area contributed by atoms with Crippen molar-refractivity contribution in [2.45, 2.75) is 12.8 Å². The highest BCUT2D eigenvalue weighted by Crippen LogP contribution is 2.17. The van der Waals surface area contributed by atoms with Crippen LogP contribution >= 0.6 is 0 Å². The van der Waals surface area contributed by atoms with Crippen LogP contribution in [0.25, 0.3) is 0 Å². The number of ketones is 1. The van der Waals surface area contributed by atoms with Crippen molar-refractivity contribution in [3.05, 3.63) is 29.8 Å². The lowest BCUT2D eigenvalue weighted by atomic mass is 10.1. The molecule has 4 nitrogen and oxygen atoms in total. The molecule has 20 heavy (non-hydrogen) atoms. The van der Waals surface area contributed by atoms with Crippen molar-refractivity contribution in [2.75, 3.05) is 51.8 Å².